The van der Waals surface area contributed by atoms with Gasteiger partial charge in [-0.25, -0.2) is 0 Å². The van der Waals surface area contributed by atoms with Gasteiger partial charge in [-0.1, -0.05) is 66.9 Å². The zero-order valence-corrected chi connectivity index (χ0v) is 24.5. The lowest BCUT2D eigenvalue weighted by Gasteiger charge is -2.26. The van der Waals surface area contributed by atoms with E-state index < -0.39 is 36.0 Å². The van der Waals surface area contributed by atoms with E-state index in [0.717, 1.165) is 19.3 Å². The summed E-state index contributed by atoms with van der Waals surface area (Å²) in [5, 5.41) is 9.71. The molecule has 39 heavy (non-hydrogen) atoms. The van der Waals surface area contributed by atoms with Gasteiger partial charge in [0.1, 0.15) is 6.04 Å². The van der Waals surface area contributed by atoms with Crippen LogP contribution in [0.3, 0.4) is 0 Å². The Hall–Kier alpha value is -2.94. The summed E-state index contributed by atoms with van der Waals surface area (Å²) >= 11 is 0. The molecule has 220 valence electrons. The van der Waals surface area contributed by atoms with Gasteiger partial charge in [0.2, 0.25) is 0 Å². The lowest BCUT2D eigenvalue weighted by molar-refractivity contribution is -0.153. The van der Waals surface area contributed by atoms with E-state index in [4.69, 9.17) is 19.9 Å². The molecule has 1 rings (SSSR count). The standard InChI is InChI=1S/C30H47NO8/c1-8-11-18(4)28(34)37-21(7)16-23(26(31)27(32)33)22-14-15-24(38-29(35)19(5)12-9-2)25(17-22)39-30(36)20(6)13-10-3/h14-15,17-21,23,26H,8-13,16,31H2,1-7H3,(H,32,33)/t18?,19?,20?,21?,23?,26-/m0/s1. The third kappa shape index (κ3) is 11.0. The number of benzene rings is 1. The van der Waals surface area contributed by atoms with Crippen LogP contribution in [0.4, 0.5) is 0 Å². The van der Waals surface area contributed by atoms with Gasteiger partial charge in [-0.15, -0.1) is 0 Å². The van der Waals surface area contributed by atoms with Crippen molar-refractivity contribution in [2.24, 2.45) is 23.5 Å². The molecule has 9 heteroatoms. The topological polar surface area (TPSA) is 142 Å². The summed E-state index contributed by atoms with van der Waals surface area (Å²) in [6.07, 6.45) is 3.89. The van der Waals surface area contributed by atoms with E-state index in [2.05, 4.69) is 0 Å². The van der Waals surface area contributed by atoms with Gasteiger partial charge >= 0.3 is 23.9 Å². The van der Waals surface area contributed by atoms with Gasteiger partial charge in [-0.2, -0.15) is 0 Å². The van der Waals surface area contributed by atoms with Crippen LogP contribution in [0.25, 0.3) is 0 Å². The molecule has 0 aliphatic rings. The van der Waals surface area contributed by atoms with Crippen LogP contribution in [-0.4, -0.2) is 41.1 Å². The maximum absolute atomic E-state index is 12.8. The van der Waals surface area contributed by atoms with E-state index in [1.165, 1.54) is 12.1 Å². The van der Waals surface area contributed by atoms with Gasteiger partial charge < -0.3 is 25.1 Å². The number of hydrogen-bond donors (Lipinski definition) is 2. The van der Waals surface area contributed by atoms with Crippen molar-refractivity contribution in [1.82, 2.24) is 0 Å². The zero-order chi connectivity index (χ0) is 29.7. The Bertz CT molecular complexity index is 962. The average molecular weight is 550 g/mol. The summed E-state index contributed by atoms with van der Waals surface area (Å²) in [7, 11) is 0. The average Bonchev–Trinajstić information content (AvgIpc) is 2.88. The molecule has 0 aliphatic carbocycles. The van der Waals surface area contributed by atoms with Crippen LogP contribution in [0.15, 0.2) is 18.2 Å². The van der Waals surface area contributed by atoms with Gasteiger partial charge in [0.25, 0.3) is 0 Å². The van der Waals surface area contributed by atoms with E-state index in [-0.39, 0.29) is 41.6 Å². The first kappa shape index (κ1) is 34.1. The monoisotopic (exact) mass is 549 g/mol. The van der Waals surface area contributed by atoms with Crippen LogP contribution < -0.4 is 15.2 Å². The minimum absolute atomic E-state index is 0.0151. The summed E-state index contributed by atoms with van der Waals surface area (Å²) in [4.78, 5) is 49.7. The quantitative estimate of drug-likeness (QED) is 0.187. The van der Waals surface area contributed by atoms with Gasteiger partial charge in [0.15, 0.2) is 11.5 Å². The number of ether oxygens (including phenoxy) is 3. The van der Waals surface area contributed by atoms with E-state index in [1.807, 2.05) is 20.8 Å². The van der Waals surface area contributed by atoms with E-state index in [9.17, 15) is 24.3 Å². The van der Waals surface area contributed by atoms with Crippen molar-refractivity contribution in [2.45, 2.75) is 111 Å². The Balaban J connectivity index is 3.38. The SMILES string of the molecule is CCCC(C)C(=O)Oc1ccc(C(CC(C)OC(=O)C(C)CCC)[C@H](N)C(=O)O)cc1OC(=O)C(C)CCC. The zero-order valence-electron chi connectivity index (χ0n) is 24.5. The van der Waals surface area contributed by atoms with Gasteiger partial charge in [-0.05, 0) is 50.3 Å². The normalized spacial score (nSPS) is 15.8. The number of aliphatic carboxylic acids is 1. The number of carboxylic acid groups (broad SMARTS) is 1. The van der Waals surface area contributed by atoms with Crippen LogP contribution in [0, 0.1) is 17.8 Å². The highest BCUT2D eigenvalue weighted by atomic mass is 16.6. The predicted octanol–water partition coefficient (Wildman–Crippen LogP) is 5.62. The number of carbonyl (C=O) groups excluding carboxylic acids is 3. The molecule has 6 atom stereocenters. The van der Waals surface area contributed by atoms with Crippen molar-refractivity contribution < 1.29 is 38.5 Å². The van der Waals surface area contributed by atoms with Crippen molar-refractivity contribution in [3.05, 3.63) is 23.8 Å². The Kier molecular flexibility index (Phi) is 14.8. The highest BCUT2D eigenvalue weighted by Crippen LogP contribution is 2.36. The van der Waals surface area contributed by atoms with Gasteiger partial charge in [0, 0.05) is 5.92 Å². The molecule has 0 radical (unpaired) electrons. The molecule has 0 bridgehead atoms. The number of esters is 3. The number of hydrogen-bond acceptors (Lipinski definition) is 8. The fraction of sp³-hybridized carbons (Fsp3) is 0.667. The molecule has 1 aromatic rings. The first-order valence-corrected chi connectivity index (χ1v) is 14.1. The molecule has 9 nitrogen and oxygen atoms in total. The maximum Gasteiger partial charge on any atom is 0.321 e. The molecular formula is C30H47NO8. The minimum Gasteiger partial charge on any atom is -0.480 e. The van der Waals surface area contributed by atoms with Crippen LogP contribution >= 0.6 is 0 Å². The number of carboxylic acids is 1. The Morgan fingerprint density at radius 2 is 1.23 bits per heavy atom. The predicted molar refractivity (Wildman–Crippen MR) is 148 cm³/mol. The van der Waals surface area contributed by atoms with Crippen molar-refractivity contribution in [3.8, 4) is 11.5 Å². The lowest BCUT2D eigenvalue weighted by atomic mass is 9.87. The van der Waals surface area contributed by atoms with Gasteiger partial charge in [0.05, 0.1) is 23.9 Å². The van der Waals surface area contributed by atoms with E-state index in [1.54, 1.807) is 33.8 Å². The fourth-order valence-corrected chi connectivity index (χ4v) is 4.37. The summed E-state index contributed by atoms with van der Waals surface area (Å²) in [6.45, 7) is 12.9. The second kappa shape index (κ2) is 16.9. The third-order valence-electron chi connectivity index (χ3n) is 6.81. The first-order valence-electron chi connectivity index (χ1n) is 14.1. The molecule has 0 fully saturated rings. The number of nitrogens with two attached hydrogens (primary N) is 1. The largest absolute Gasteiger partial charge is 0.480 e. The third-order valence-corrected chi connectivity index (χ3v) is 6.81. The number of rotatable bonds is 17. The van der Waals surface area contributed by atoms with E-state index >= 15 is 0 Å². The summed E-state index contributed by atoms with van der Waals surface area (Å²) in [5.74, 6) is -4.22. The highest BCUT2D eigenvalue weighted by molar-refractivity contribution is 5.79. The minimum atomic E-state index is -1.32. The van der Waals surface area contributed by atoms with Crippen molar-refractivity contribution in [1.29, 1.82) is 0 Å². The molecule has 1 aromatic carbocycles. The Morgan fingerprint density at radius 3 is 1.69 bits per heavy atom. The Morgan fingerprint density at radius 1 is 0.769 bits per heavy atom. The van der Waals surface area contributed by atoms with Crippen molar-refractivity contribution in [2.75, 3.05) is 0 Å². The molecule has 0 aromatic heterocycles. The molecule has 0 heterocycles. The Labute approximate surface area is 232 Å². The fourth-order valence-electron chi connectivity index (χ4n) is 4.37. The van der Waals surface area contributed by atoms with Crippen LogP contribution in [0.2, 0.25) is 0 Å². The second-order valence-electron chi connectivity index (χ2n) is 10.6. The molecule has 0 aliphatic heterocycles. The highest BCUT2D eigenvalue weighted by Gasteiger charge is 2.31. The smallest absolute Gasteiger partial charge is 0.321 e. The van der Waals surface area contributed by atoms with Crippen molar-refractivity contribution in [3.63, 3.8) is 0 Å². The van der Waals surface area contributed by atoms with Crippen LogP contribution in [0.5, 0.6) is 11.5 Å². The molecule has 5 unspecified atom stereocenters. The first-order chi connectivity index (χ1) is 18.4. The summed E-state index contributed by atoms with van der Waals surface area (Å²) in [6, 6.07) is 3.26. The van der Waals surface area contributed by atoms with Crippen LogP contribution in [-0.2, 0) is 23.9 Å². The van der Waals surface area contributed by atoms with Crippen LogP contribution in [0.1, 0.15) is 105 Å². The summed E-state index contributed by atoms with van der Waals surface area (Å²) < 4.78 is 16.8. The molecule has 0 spiro atoms. The molecule has 0 saturated heterocycles. The lowest BCUT2D eigenvalue weighted by Crippen LogP contribution is -2.38. The molecule has 3 N–H and O–H groups in total. The molecule has 0 amide bonds. The molecule has 0 saturated carbocycles. The second-order valence-corrected chi connectivity index (χ2v) is 10.6. The van der Waals surface area contributed by atoms with Crippen molar-refractivity contribution >= 4 is 23.9 Å². The number of carbonyl (C=O) groups is 4. The summed E-state index contributed by atoms with van der Waals surface area (Å²) in [5.41, 5.74) is 6.54. The molecular weight excluding hydrogens is 502 g/mol. The van der Waals surface area contributed by atoms with E-state index in [0.29, 0.717) is 24.8 Å². The van der Waals surface area contributed by atoms with Gasteiger partial charge in [-0.3, -0.25) is 19.2 Å². The maximum atomic E-state index is 12.8.